The number of aryl methyl sites for hydroxylation is 2. The Morgan fingerprint density at radius 2 is 2.17 bits per heavy atom. The molecule has 2 heterocycles. The Kier molecular flexibility index (Phi) is 5.00. The molecular weight excluding hydrogens is 300 g/mol. The molecule has 1 fully saturated rings. The van der Waals surface area contributed by atoms with Gasteiger partial charge in [-0.05, 0) is 56.0 Å². The van der Waals surface area contributed by atoms with Gasteiger partial charge in [-0.25, -0.2) is 4.68 Å². The van der Waals surface area contributed by atoms with E-state index in [9.17, 15) is 4.79 Å². The van der Waals surface area contributed by atoms with E-state index in [4.69, 9.17) is 0 Å². The predicted molar refractivity (Wildman–Crippen MR) is 95.1 cm³/mol. The van der Waals surface area contributed by atoms with Gasteiger partial charge in [0.1, 0.15) is 0 Å². The van der Waals surface area contributed by atoms with Crippen molar-refractivity contribution in [2.75, 3.05) is 19.6 Å². The fourth-order valence-electron chi connectivity index (χ4n) is 3.22. The minimum absolute atomic E-state index is 0.0584. The first kappa shape index (κ1) is 16.7. The van der Waals surface area contributed by atoms with Gasteiger partial charge < -0.3 is 5.32 Å². The van der Waals surface area contributed by atoms with Crippen LogP contribution in [0.3, 0.4) is 0 Å². The van der Waals surface area contributed by atoms with E-state index in [0.717, 1.165) is 38.3 Å². The summed E-state index contributed by atoms with van der Waals surface area (Å²) in [5.41, 5.74) is 4.92. The summed E-state index contributed by atoms with van der Waals surface area (Å²) < 4.78 is 1.95. The average Bonchev–Trinajstić information content (AvgIpc) is 3.18. The summed E-state index contributed by atoms with van der Waals surface area (Å²) in [6.07, 6.45) is 5.22. The number of rotatable bonds is 5. The van der Waals surface area contributed by atoms with Crippen LogP contribution in [0.1, 0.15) is 30.0 Å². The summed E-state index contributed by atoms with van der Waals surface area (Å²) in [6, 6.07) is 6.42. The third-order valence-electron chi connectivity index (χ3n) is 4.81. The van der Waals surface area contributed by atoms with Crippen LogP contribution in [0.4, 0.5) is 0 Å². The SMILES string of the molecule is CC(=O)NC[C@H]1CCN(Cc2cnn(-c3ccc(C)c(C)c3)c2)C1. The summed E-state index contributed by atoms with van der Waals surface area (Å²) >= 11 is 0. The Balaban J connectivity index is 1.58. The maximum atomic E-state index is 11.0. The average molecular weight is 326 g/mol. The molecule has 0 saturated carbocycles. The molecule has 0 spiro atoms. The van der Waals surface area contributed by atoms with E-state index in [0.29, 0.717) is 5.92 Å². The van der Waals surface area contributed by atoms with Crippen molar-refractivity contribution in [3.8, 4) is 5.69 Å². The van der Waals surface area contributed by atoms with E-state index >= 15 is 0 Å². The van der Waals surface area contributed by atoms with E-state index in [1.165, 1.54) is 16.7 Å². The standard InChI is InChI=1S/C19H26N4O/c1-14-4-5-19(8-15(14)2)23-13-18(10-21-23)12-22-7-6-17(11-22)9-20-16(3)24/h4-5,8,10,13,17H,6-7,9,11-12H2,1-3H3,(H,20,24)/t17-/m1/s1. The number of hydrogen-bond donors (Lipinski definition) is 1. The zero-order valence-corrected chi connectivity index (χ0v) is 14.7. The maximum Gasteiger partial charge on any atom is 0.216 e. The Labute approximate surface area is 143 Å². The maximum absolute atomic E-state index is 11.0. The molecule has 1 atom stereocenters. The van der Waals surface area contributed by atoms with Crippen LogP contribution in [-0.2, 0) is 11.3 Å². The number of aromatic nitrogens is 2. The van der Waals surface area contributed by atoms with Crippen molar-refractivity contribution in [3.63, 3.8) is 0 Å². The molecule has 0 unspecified atom stereocenters. The first-order chi connectivity index (χ1) is 11.5. The molecule has 3 rings (SSSR count). The van der Waals surface area contributed by atoms with Gasteiger partial charge in [-0.3, -0.25) is 9.69 Å². The van der Waals surface area contributed by atoms with E-state index in [-0.39, 0.29) is 5.91 Å². The van der Waals surface area contributed by atoms with Crippen LogP contribution in [0.2, 0.25) is 0 Å². The molecule has 0 bridgehead atoms. The van der Waals surface area contributed by atoms with Gasteiger partial charge in [-0.2, -0.15) is 5.10 Å². The van der Waals surface area contributed by atoms with Crippen LogP contribution in [0.25, 0.3) is 5.69 Å². The number of carbonyl (C=O) groups excluding carboxylic acids is 1. The van der Waals surface area contributed by atoms with Gasteiger partial charge >= 0.3 is 0 Å². The Morgan fingerprint density at radius 3 is 2.92 bits per heavy atom. The Hall–Kier alpha value is -2.14. The van der Waals surface area contributed by atoms with Gasteiger partial charge in [-0.15, -0.1) is 0 Å². The van der Waals surface area contributed by atoms with Gasteiger partial charge in [0.25, 0.3) is 0 Å². The molecule has 1 aliphatic heterocycles. The van der Waals surface area contributed by atoms with Crippen LogP contribution < -0.4 is 5.32 Å². The van der Waals surface area contributed by atoms with Gasteiger partial charge in [0, 0.05) is 38.3 Å². The first-order valence-electron chi connectivity index (χ1n) is 8.59. The van der Waals surface area contributed by atoms with Crippen LogP contribution in [-0.4, -0.2) is 40.2 Å². The summed E-state index contributed by atoms with van der Waals surface area (Å²) in [5.74, 6) is 0.617. The van der Waals surface area contributed by atoms with E-state index in [1.54, 1.807) is 6.92 Å². The lowest BCUT2D eigenvalue weighted by atomic mass is 10.1. The van der Waals surface area contributed by atoms with Crippen LogP contribution >= 0.6 is 0 Å². The molecule has 1 N–H and O–H groups in total. The Bertz CT molecular complexity index is 722. The van der Waals surface area contributed by atoms with Crippen molar-refractivity contribution < 1.29 is 4.79 Å². The molecule has 0 radical (unpaired) electrons. The number of carbonyl (C=O) groups is 1. The number of benzene rings is 1. The zero-order chi connectivity index (χ0) is 17.1. The highest BCUT2D eigenvalue weighted by molar-refractivity contribution is 5.72. The largest absolute Gasteiger partial charge is 0.356 e. The lowest BCUT2D eigenvalue weighted by molar-refractivity contribution is -0.119. The first-order valence-corrected chi connectivity index (χ1v) is 8.59. The second-order valence-electron chi connectivity index (χ2n) is 6.89. The van der Waals surface area contributed by atoms with Crippen molar-refractivity contribution in [1.82, 2.24) is 20.0 Å². The van der Waals surface area contributed by atoms with Crippen molar-refractivity contribution in [2.45, 2.75) is 33.7 Å². The summed E-state index contributed by atoms with van der Waals surface area (Å²) in [6.45, 7) is 9.65. The van der Waals surface area contributed by atoms with Crippen molar-refractivity contribution in [1.29, 1.82) is 0 Å². The minimum atomic E-state index is 0.0584. The summed E-state index contributed by atoms with van der Waals surface area (Å²) in [7, 11) is 0. The third kappa shape index (κ3) is 4.03. The molecule has 0 aliphatic carbocycles. The molecule has 24 heavy (non-hydrogen) atoms. The quantitative estimate of drug-likeness (QED) is 0.918. The molecule has 128 valence electrons. The lowest BCUT2D eigenvalue weighted by Crippen LogP contribution is -2.29. The molecule has 1 saturated heterocycles. The number of likely N-dealkylation sites (tertiary alicyclic amines) is 1. The number of hydrogen-bond acceptors (Lipinski definition) is 3. The van der Waals surface area contributed by atoms with Crippen LogP contribution in [0.5, 0.6) is 0 Å². The molecule has 2 aromatic rings. The molecule has 1 aromatic carbocycles. The van der Waals surface area contributed by atoms with E-state index in [1.807, 2.05) is 10.9 Å². The highest BCUT2D eigenvalue weighted by Gasteiger charge is 2.22. The van der Waals surface area contributed by atoms with Gasteiger partial charge in [0.05, 0.1) is 11.9 Å². The van der Waals surface area contributed by atoms with E-state index in [2.05, 4.69) is 53.6 Å². The summed E-state index contributed by atoms with van der Waals surface area (Å²) in [5, 5.41) is 7.44. The van der Waals surface area contributed by atoms with Crippen molar-refractivity contribution >= 4 is 5.91 Å². The normalized spacial score (nSPS) is 18.0. The second kappa shape index (κ2) is 7.18. The molecule has 1 amide bonds. The highest BCUT2D eigenvalue weighted by Crippen LogP contribution is 2.19. The minimum Gasteiger partial charge on any atom is -0.356 e. The highest BCUT2D eigenvalue weighted by atomic mass is 16.1. The van der Waals surface area contributed by atoms with Gasteiger partial charge in [-0.1, -0.05) is 6.07 Å². The topological polar surface area (TPSA) is 50.2 Å². The number of nitrogens with zero attached hydrogens (tertiary/aromatic N) is 3. The molecular formula is C19H26N4O. The van der Waals surface area contributed by atoms with Crippen LogP contribution in [0, 0.1) is 19.8 Å². The fraction of sp³-hybridized carbons (Fsp3) is 0.474. The van der Waals surface area contributed by atoms with E-state index < -0.39 is 0 Å². The molecule has 1 aromatic heterocycles. The Morgan fingerprint density at radius 1 is 1.33 bits per heavy atom. The second-order valence-corrected chi connectivity index (χ2v) is 6.89. The lowest BCUT2D eigenvalue weighted by Gasteiger charge is -2.15. The van der Waals surface area contributed by atoms with Crippen molar-refractivity contribution in [2.24, 2.45) is 5.92 Å². The zero-order valence-electron chi connectivity index (χ0n) is 14.7. The molecule has 1 aliphatic rings. The van der Waals surface area contributed by atoms with Crippen LogP contribution in [0.15, 0.2) is 30.6 Å². The number of nitrogens with one attached hydrogen (secondary N) is 1. The van der Waals surface area contributed by atoms with Gasteiger partial charge in [0.2, 0.25) is 5.91 Å². The smallest absolute Gasteiger partial charge is 0.216 e. The van der Waals surface area contributed by atoms with Crippen molar-refractivity contribution in [3.05, 3.63) is 47.3 Å². The third-order valence-corrected chi connectivity index (χ3v) is 4.81. The summed E-state index contributed by atoms with van der Waals surface area (Å²) in [4.78, 5) is 13.5. The number of amides is 1. The predicted octanol–water partition coefficient (Wildman–Crippen LogP) is 2.45. The molecule has 5 nitrogen and oxygen atoms in total. The van der Waals surface area contributed by atoms with Gasteiger partial charge in [0.15, 0.2) is 0 Å². The monoisotopic (exact) mass is 326 g/mol. The molecule has 5 heteroatoms. The fourth-order valence-corrected chi connectivity index (χ4v) is 3.22.